The lowest BCUT2D eigenvalue weighted by Gasteiger charge is -2.26. The average molecular weight is 252 g/mol. The lowest BCUT2D eigenvalue weighted by Crippen LogP contribution is -2.36. The molecule has 1 aromatic heterocycles. The van der Waals surface area contributed by atoms with Crippen LogP contribution in [0.4, 0.5) is 11.5 Å². The van der Waals surface area contributed by atoms with Gasteiger partial charge in [-0.2, -0.15) is 11.8 Å². The normalized spacial score (nSPS) is 17.0. The van der Waals surface area contributed by atoms with Crippen molar-refractivity contribution in [1.29, 1.82) is 0 Å². The Morgan fingerprint density at radius 1 is 1.47 bits per heavy atom. The largest absolute Gasteiger partial charge is 0.398 e. The molecule has 1 aliphatic heterocycles. The van der Waals surface area contributed by atoms with Crippen LogP contribution >= 0.6 is 11.8 Å². The van der Waals surface area contributed by atoms with E-state index < -0.39 is 0 Å². The van der Waals surface area contributed by atoms with Crippen LogP contribution in [-0.2, 0) is 0 Å². The van der Waals surface area contributed by atoms with Crippen molar-refractivity contribution in [3.8, 4) is 0 Å². The van der Waals surface area contributed by atoms with Gasteiger partial charge in [-0.05, 0) is 12.5 Å². The number of nitrogens with one attached hydrogen (secondary N) is 1. The number of anilines is 2. The van der Waals surface area contributed by atoms with E-state index >= 15 is 0 Å². The minimum atomic E-state index is 0.803. The Balaban J connectivity index is 1.75. The van der Waals surface area contributed by atoms with E-state index in [1.807, 2.05) is 30.9 Å². The SMILES string of the molecule is Cc1cnc(NCCN2CCSCC2)cc1N. The number of thioether (sulfide) groups is 1. The van der Waals surface area contributed by atoms with Gasteiger partial charge < -0.3 is 11.1 Å². The van der Waals surface area contributed by atoms with Crippen molar-refractivity contribution in [2.45, 2.75) is 6.92 Å². The van der Waals surface area contributed by atoms with Gasteiger partial charge in [-0.1, -0.05) is 0 Å². The van der Waals surface area contributed by atoms with Crippen molar-refractivity contribution in [1.82, 2.24) is 9.88 Å². The number of nitrogens with zero attached hydrogens (tertiary/aromatic N) is 2. The first kappa shape index (κ1) is 12.5. The van der Waals surface area contributed by atoms with Crippen LogP contribution in [0.2, 0.25) is 0 Å². The van der Waals surface area contributed by atoms with E-state index in [4.69, 9.17) is 5.73 Å². The Morgan fingerprint density at radius 2 is 2.24 bits per heavy atom. The fraction of sp³-hybridized carbons (Fsp3) is 0.583. The van der Waals surface area contributed by atoms with E-state index in [9.17, 15) is 0 Å². The number of hydrogen-bond acceptors (Lipinski definition) is 5. The number of pyridine rings is 1. The third kappa shape index (κ3) is 3.78. The summed E-state index contributed by atoms with van der Waals surface area (Å²) in [7, 11) is 0. The molecule has 1 aliphatic rings. The van der Waals surface area contributed by atoms with Crippen LogP contribution in [0.15, 0.2) is 12.3 Å². The molecule has 1 fully saturated rings. The summed E-state index contributed by atoms with van der Waals surface area (Å²) in [5, 5.41) is 3.32. The Kier molecular flexibility index (Phi) is 4.50. The summed E-state index contributed by atoms with van der Waals surface area (Å²) in [6.07, 6.45) is 1.81. The molecule has 0 unspecified atom stereocenters. The van der Waals surface area contributed by atoms with E-state index in [0.29, 0.717) is 0 Å². The third-order valence-electron chi connectivity index (χ3n) is 2.98. The zero-order chi connectivity index (χ0) is 12.1. The smallest absolute Gasteiger partial charge is 0.128 e. The van der Waals surface area contributed by atoms with E-state index in [1.165, 1.54) is 24.6 Å². The molecular weight excluding hydrogens is 232 g/mol. The highest BCUT2D eigenvalue weighted by Crippen LogP contribution is 2.13. The highest BCUT2D eigenvalue weighted by Gasteiger charge is 2.09. The molecule has 0 saturated carbocycles. The fourth-order valence-corrected chi connectivity index (χ4v) is 2.78. The van der Waals surface area contributed by atoms with Gasteiger partial charge in [-0.15, -0.1) is 0 Å². The summed E-state index contributed by atoms with van der Waals surface area (Å²) in [5.41, 5.74) is 7.68. The second-order valence-electron chi connectivity index (χ2n) is 4.31. The summed E-state index contributed by atoms with van der Waals surface area (Å²) in [6.45, 7) is 6.39. The molecule has 0 aromatic carbocycles. The van der Waals surface area contributed by atoms with Crippen molar-refractivity contribution in [2.24, 2.45) is 0 Å². The van der Waals surface area contributed by atoms with Gasteiger partial charge >= 0.3 is 0 Å². The number of nitrogen functional groups attached to an aromatic ring is 1. The lowest BCUT2D eigenvalue weighted by atomic mass is 10.2. The quantitative estimate of drug-likeness (QED) is 0.849. The fourth-order valence-electron chi connectivity index (χ4n) is 1.80. The molecule has 0 bridgehead atoms. The summed E-state index contributed by atoms with van der Waals surface area (Å²) in [4.78, 5) is 6.80. The topological polar surface area (TPSA) is 54.2 Å². The predicted octanol–water partition coefficient (Wildman–Crippen LogP) is 1.43. The maximum absolute atomic E-state index is 5.84. The molecule has 5 heteroatoms. The Morgan fingerprint density at radius 3 is 2.94 bits per heavy atom. The maximum atomic E-state index is 5.84. The van der Waals surface area contributed by atoms with Crippen LogP contribution in [0.25, 0.3) is 0 Å². The van der Waals surface area contributed by atoms with E-state index in [0.717, 1.165) is 30.2 Å². The minimum absolute atomic E-state index is 0.803. The molecule has 2 rings (SSSR count). The van der Waals surface area contributed by atoms with Crippen molar-refractivity contribution >= 4 is 23.3 Å². The molecule has 0 aliphatic carbocycles. The Bertz CT molecular complexity index is 364. The van der Waals surface area contributed by atoms with Crippen LogP contribution in [-0.4, -0.2) is 47.6 Å². The van der Waals surface area contributed by atoms with E-state index in [-0.39, 0.29) is 0 Å². The third-order valence-corrected chi connectivity index (χ3v) is 3.93. The first-order valence-corrected chi connectivity index (χ1v) is 7.17. The van der Waals surface area contributed by atoms with Crippen LogP contribution in [0.5, 0.6) is 0 Å². The van der Waals surface area contributed by atoms with Gasteiger partial charge in [-0.25, -0.2) is 4.98 Å². The molecule has 0 spiro atoms. The minimum Gasteiger partial charge on any atom is -0.398 e. The van der Waals surface area contributed by atoms with Gasteiger partial charge in [0.1, 0.15) is 5.82 Å². The Hall–Kier alpha value is -0.940. The second-order valence-corrected chi connectivity index (χ2v) is 5.53. The second kappa shape index (κ2) is 6.12. The molecule has 94 valence electrons. The molecule has 0 atom stereocenters. The van der Waals surface area contributed by atoms with Crippen LogP contribution in [0, 0.1) is 6.92 Å². The zero-order valence-corrected chi connectivity index (χ0v) is 11.1. The standard InChI is InChI=1S/C12H20N4S/c1-10-9-15-12(8-11(10)13)14-2-3-16-4-6-17-7-5-16/h8-9H,2-7H2,1H3,(H3,13,14,15). The molecule has 1 aromatic rings. The highest BCUT2D eigenvalue weighted by molar-refractivity contribution is 7.99. The first-order chi connectivity index (χ1) is 8.25. The molecule has 1 saturated heterocycles. The van der Waals surface area contributed by atoms with Crippen molar-refractivity contribution in [3.05, 3.63) is 17.8 Å². The number of rotatable bonds is 4. The van der Waals surface area contributed by atoms with Crippen molar-refractivity contribution in [3.63, 3.8) is 0 Å². The van der Waals surface area contributed by atoms with Gasteiger partial charge in [0, 0.05) is 55.6 Å². The van der Waals surface area contributed by atoms with Crippen LogP contribution < -0.4 is 11.1 Å². The molecule has 4 nitrogen and oxygen atoms in total. The zero-order valence-electron chi connectivity index (χ0n) is 10.3. The maximum Gasteiger partial charge on any atom is 0.128 e. The predicted molar refractivity (Wildman–Crippen MR) is 75.6 cm³/mol. The van der Waals surface area contributed by atoms with Gasteiger partial charge in [0.15, 0.2) is 0 Å². The molecular formula is C12H20N4S. The summed E-state index contributed by atoms with van der Waals surface area (Å²) in [6, 6.07) is 1.90. The number of nitrogens with two attached hydrogens (primary N) is 1. The average Bonchev–Trinajstić information content (AvgIpc) is 2.35. The molecule has 0 amide bonds. The van der Waals surface area contributed by atoms with Crippen LogP contribution in [0.1, 0.15) is 5.56 Å². The number of aryl methyl sites for hydroxylation is 1. The monoisotopic (exact) mass is 252 g/mol. The molecule has 0 radical (unpaired) electrons. The summed E-state index contributed by atoms with van der Waals surface area (Å²) < 4.78 is 0. The molecule has 17 heavy (non-hydrogen) atoms. The summed E-state index contributed by atoms with van der Waals surface area (Å²) in [5.74, 6) is 3.39. The van der Waals surface area contributed by atoms with Crippen molar-refractivity contribution in [2.75, 3.05) is 48.7 Å². The Labute approximate surface area is 107 Å². The number of hydrogen-bond donors (Lipinski definition) is 2. The highest BCUT2D eigenvalue weighted by atomic mass is 32.2. The number of aromatic nitrogens is 1. The van der Waals surface area contributed by atoms with Gasteiger partial charge in [0.2, 0.25) is 0 Å². The van der Waals surface area contributed by atoms with Gasteiger partial charge in [-0.3, -0.25) is 4.90 Å². The summed E-state index contributed by atoms with van der Waals surface area (Å²) >= 11 is 2.04. The van der Waals surface area contributed by atoms with Gasteiger partial charge in [0.25, 0.3) is 0 Å². The molecule has 3 N–H and O–H groups in total. The molecule has 2 heterocycles. The van der Waals surface area contributed by atoms with E-state index in [1.54, 1.807) is 0 Å². The first-order valence-electron chi connectivity index (χ1n) is 6.02. The van der Waals surface area contributed by atoms with E-state index in [2.05, 4.69) is 15.2 Å². The van der Waals surface area contributed by atoms with Crippen molar-refractivity contribution < 1.29 is 0 Å². The van der Waals surface area contributed by atoms with Gasteiger partial charge in [0.05, 0.1) is 0 Å². The van der Waals surface area contributed by atoms with Crippen LogP contribution in [0.3, 0.4) is 0 Å². The lowest BCUT2D eigenvalue weighted by molar-refractivity contribution is 0.314.